The highest BCUT2D eigenvalue weighted by atomic mass is 16.2. The smallest absolute Gasteiger partial charge is 0.272 e. The molecule has 5 aliphatic rings. The fraction of sp³-hybridized carbons (Fsp3) is 0.488. The standard InChI is InChI=1S/C41H51B2N11O3/c1-3-32-37-28(23-46-54(37)26-16-20-53(21-17-26)41(42,43)33-11-7-10-30(49-33)40(57)52-18-4-5-19-52)27-8-6-9-29(36(27)51(32)2)48-31(35(45)39(56)47-25-14-15-25)22-34(44)50-38(55)24-12-13-24/h6-11,22-26,32,48H,3-5,12-21,44-45H2,1-2H3,(H,47,56)(H,50,55)/b34-22+,35-31+. The molecule has 1 atom stereocenters. The number of benzene rings is 1. The molecule has 4 radical (unpaired) electrons. The molecule has 3 aromatic rings. The maximum absolute atomic E-state index is 13.2. The highest BCUT2D eigenvalue weighted by Gasteiger charge is 2.38. The zero-order valence-electron chi connectivity index (χ0n) is 32.8. The molecule has 2 saturated carbocycles. The number of allylic oxidation sites excluding steroid dienone is 1. The molecular weight excluding hydrogens is 716 g/mol. The van der Waals surface area contributed by atoms with E-state index in [1.807, 2.05) is 34.2 Å². The minimum absolute atomic E-state index is 0.0134. The summed E-state index contributed by atoms with van der Waals surface area (Å²) in [5.74, 6) is -0.547. The number of nitrogens with two attached hydrogens (primary N) is 2. The predicted molar refractivity (Wildman–Crippen MR) is 221 cm³/mol. The number of rotatable bonds is 12. The molecule has 57 heavy (non-hydrogen) atoms. The van der Waals surface area contributed by atoms with Crippen LogP contribution in [0, 0.1) is 5.92 Å². The Balaban J connectivity index is 1.04. The molecule has 8 rings (SSSR count). The molecule has 7 N–H and O–H groups in total. The van der Waals surface area contributed by atoms with Crippen molar-refractivity contribution in [2.45, 2.75) is 88.2 Å². The molecular formula is C41H51B2N11O3. The Morgan fingerprint density at radius 2 is 1.67 bits per heavy atom. The molecule has 0 bridgehead atoms. The van der Waals surface area contributed by atoms with Gasteiger partial charge in [-0.05, 0) is 94.4 Å². The molecule has 2 aliphatic carbocycles. The van der Waals surface area contributed by atoms with Crippen LogP contribution in [-0.4, -0.2) is 97.2 Å². The number of anilines is 2. The van der Waals surface area contributed by atoms with Gasteiger partial charge in [-0.25, -0.2) is 4.98 Å². The summed E-state index contributed by atoms with van der Waals surface area (Å²) in [6.07, 6.45) is 11.3. The minimum Gasteiger partial charge on any atom is -0.393 e. The molecule has 3 aliphatic heterocycles. The summed E-state index contributed by atoms with van der Waals surface area (Å²) >= 11 is 0. The number of nitrogens with one attached hydrogen (secondary N) is 3. The quantitative estimate of drug-likeness (QED) is 0.105. The van der Waals surface area contributed by atoms with Crippen LogP contribution in [0.15, 0.2) is 65.9 Å². The van der Waals surface area contributed by atoms with Gasteiger partial charge in [0.2, 0.25) is 5.91 Å². The van der Waals surface area contributed by atoms with Crippen molar-refractivity contribution in [1.29, 1.82) is 0 Å². The summed E-state index contributed by atoms with van der Waals surface area (Å²) in [6.45, 7) is 4.90. The number of piperidine rings is 1. The Labute approximate surface area is 336 Å². The Hall–Kier alpha value is -5.24. The molecule has 2 saturated heterocycles. The minimum atomic E-state index is -1.34. The van der Waals surface area contributed by atoms with Crippen LogP contribution in [0.4, 0.5) is 11.4 Å². The molecule has 4 fully saturated rings. The number of nitrogens with zero attached hydrogens (tertiary/aromatic N) is 6. The van der Waals surface area contributed by atoms with Crippen LogP contribution < -0.4 is 32.3 Å². The fourth-order valence-corrected chi connectivity index (χ4v) is 8.47. The second-order valence-electron chi connectivity index (χ2n) is 16.1. The molecule has 1 unspecified atom stereocenters. The molecule has 5 heterocycles. The first-order valence-electron chi connectivity index (χ1n) is 20.3. The first kappa shape index (κ1) is 38.6. The van der Waals surface area contributed by atoms with E-state index in [2.05, 4.69) is 50.6 Å². The fourth-order valence-electron chi connectivity index (χ4n) is 8.47. The van der Waals surface area contributed by atoms with E-state index in [1.165, 1.54) is 6.08 Å². The van der Waals surface area contributed by atoms with Crippen molar-refractivity contribution in [3.63, 3.8) is 0 Å². The molecule has 2 aromatic heterocycles. The van der Waals surface area contributed by atoms with Crippen molar-refractivity contribution in [3.8, 4) is 11.1 Å². The van der Waals surface area contributed by atoms with Crippen LogP contribution in [0.1, 0.15) is 98.7 Å². The summed E-state index contributed by atoms with van der Waals surface area (Å²) in [4.78, 5) is 49.6. The maximum atomic E-state index is 13.2. The topological polar surface area (TPSA) is 180 Å². The molecule has 1 aromatic carbocycles. The van der Waals surface area contributed by atoms with Gasteiger partial charge in [-0.3, -0.25) is 19.1 Å². The average Bonchev–Trinajstić information content (AvgIpc) is 4.13. The lowest BCUT2D eigenvalue weighted by Gasteiger charge is -2.44. The van der Waals surface area contributed by atoms with Crippen molar-refractivity contribution < 1.29 is 14.4 Å². The number of carbonyl (C=O) groups excluding carboxylic acids is 3. The third-order valence-electron chi connectivity index (χ3n) is 12.0. The summed E-state index contributed by atoms with van der Waals surface area (Å²) in [5, 5.41) is 12.8. The van der Waals surface area contributed by atoms with E-state index in [-0.39, 0.29) is 47.4 Å². The van der Waals surface area contributed by atoms with Gasteiger partial charge in [-0.15, -0.1) is 0 Å². The Morgan fingerprint density at radius 3 is 2.35 bits per heavy atom. The SMILES string of the molecule is [B]C([B])(c1cccc(C(=O)N2CCCC2)n1)N1CCC(n2ncc3c2C(CC)N(C)c2c(NC(/C=C(\N)NC(=O)C4CC4)=C(/N)C(=O)NC4CC4)cccc2-3)CC1. The number of hydrogen-bond acceptors (Lipinski definition) is 10. The third-order valence-corrected chi connectivity index (χ3v) is 12.0. The van der Waals surface area contributed by atoms with Gasteiger partial charge in [0.05, 0.1) is 56.7 Å². The van der Waals surface area contributed by atoms with Gasteiger partial charge < -0.3 is 42.1 Å². The number of para-hydroxylation sites is 1. The van der Waals surface area contributed by atoms with Crippen molar-refractivity contribution >= 4 is 44.8 Å². The summed E-state index contributed by atoms with van der Waals surface area (Å²) < 4.78 is 2.18. The monoisotopic (exact) mass is 767 g/mol. The van der Waals surface area contributed by atoms with Crippen LogP contribution in [0.3, 0.4) is 0 Å². The van der Waals surface area contributed by atoms with Gasteiger partial charge in [-0.1, -0.05) is 25.1 Å². The van der Waals surface area contributed by atoms with Gasteiger partial charge in [0.15, 0.2) is 0 Å². The van der Waals surface area contributed by atoms with E-state index in [9.17, 15) is 14.4 Å². The first-order chi connectivity index (χ1) is 27.4. The lowest BCUT2D eigenvalue weighted by Crippen LogP contribution is -2.51. The first-order valence-corrected chi connectivity index (χ1v) is 20.3. The second-order valence-corrected chi connectivity index (χ2v) is 16.1. The lowest BCUT2D eigenvalue weighted by atomic mass is 9.58. The average molecular weight is 768 g/mol. The zero-order valence-corrected chi connectivity index (χ0v) is 32.8. The highest BCUT2D eigenvalue weighted by Crippen LogP contribution is 2.50. The van der Waals surface area contributed by atoms with Crippen molar-refractivity contribution in [3.05, 3.63) is 83.0 Å². The Bertz CT molecular complexity index is 2110. The van der Waals surface area contributed by atoms with Gasteiger partial charge in [0.1, 0.15) is 17.2 Å². The van der Waals surface area contributed by atoms with E-state index >= 15 is 0 Å². The number of likely N-dealkylation sites (tertiary alicyclic amines) is 2. The van der Waals surface area contributed by atoms with Crippen molar-refractivity contribution in [2.24, 2.45) is 17.4 Å². The van der Waals surface area contributed by atoms with E-state index < -0.39 is 11.2 Å². The third kappa shape index (κ3) is 7.75. The predicted octanol–water partition coefficient (Wildman–Crippen LogP) is 3.05. The van der Waals surface area contributed by atoms with Crippen LogP contribution in [0.25, 0.3) is 11.1 Å². The van der Waals surface area contributed by atoms with E-state index in [4.69, 9.17) is 32.3 Å². The molecule has 0 spiro atoms. The summed E-state index contributed by atoms with van der Waals surface area (Å²) in [7, 11) is 15.7. The largest absolute Gasteiger partial charge is 0.393 e. The number of amides is 3. The van der Waals surface area contributed by atoms with E-state index in [1.54, 1.807) is 12.1 Å². The van der Waals surface area contributed by atoms with Crippen LogP contribution in [-0.2, 0) is 14.9 Å². The van der Waals surface area contributed by atoms with Crippen molar-refractivity contribution in [1.82, 2.24) is 35.2 Å². The second kappa shape index (κ2) is 15.6. The number of fused-ring (bicyclic) bond motifs is 3. The number of hydrogen-bond donors (Lipinski definition) is 5. The zero-order chi connectivity index (χ0) is 40.0. The Kier molecular flexibility index (Phi) is 10.6. The summed E-state index contributed by atoms with van der Waals surface area (Å²) in [5.41, 5.74) is 18.7. The van der Waals surface area contributed by atoms with Crippen LogP contribution >= 0.6 is 0 Å². The van der Waals surface area contributed by atoms with E-state index in [0.29, 0.717) is 30.2 Å². The van der Waals surface area contributed by atoms with Crippen LogP contribution in [0.5, 0.6) is 0 Å². The molecule has 3 amide bonds. The van der Waals surface area contributed by atoms with Crippen molar-refractivity contribution in [2.75, 3.05) is 43.4 Å². The van der Waals surface area contributed by atoms with Crippen LogP contribution in [0.2, 0.25) is 0 Å². The van der Waals surface area contributed by atoms with Gasteiger partial charge >= 0.3 is 0 Å². The van der Waals surface area contributed by atoms with Gasteiger partial charge in [-0.2, -0.15) is 5.10 Å². The lowest BCUT2D eigenvalue weighted by molar-refractivity contribution is -0.121. The molecule has 14 nitrogen and oxygen atoms in total. The molecule has 294 valence electrons. The highest BCUT2D eigenvalue weighted by molar-refractivity contribution is 6.39. The van der Waals surface area contributed by atoms with Gasteiger partial charge in [0, 0.05) is 55.0 Å². The number of carbonyl (C=O) groups is 3. The number of aromatic nitrogens is 3. The van der Waals surface area contributed by atoms with Gasteiger partial charge in [0.25, 0.3) is 11.8 Å². The van der Waals surface area contributed by atoms with E-state index in [0.717, 1.165) is 99.1 Å². The Morgan fingerprint density at radius 1 is 0.947 bits per heavy atom. The normalized spacial score (nSPS) is 20.7. The summed E-state index contributed by atoms with van der Waals surface area (Å²) in [6, 6.07) is 11.5. The number of pyridine rings is 1. The maximum Gasteiger partial charge on any atom is 0.272 e. The molecule has 16 heteroatoms.